The summed E-state index contributed by atoms with van der Waals surface area (Å²) in [5, 5.41) is 0. The van der Waals surface area contributed by atoms with Crippen LogP contribution in [-0.4, -0.2) is 38.3 Å². The van der Waals surface area contributed by atoms with Crippen molar-refractivity contribution in [1.82, 2.24) is 0 Å². The summed E-state index contributed by atoms with van der Waals surface area (Å²) in [6, 6.07) is 8.25. The number of benzene rings is 1. The molecule has 0 aliphatic carbocycles. The first kappa shape index (κ1) is 13.1. The molecule has 1 aromatic rings. The molecule has 2 fully saturated rings. The Morgan fingerprint density at radius 3 is 2.89 bits per heavy atom. The van der Waals surface area contributed by atoms with E-state index in [-0.39, 0.29) is 24.6 Å². The Balaban J connectivity index is 1.62. The maximum absolute atomic E-state index is 5.98. The summed E-state index contributed by atoms with van der Waals surface area (Å²) >= 11 is 0. The first-order valence-corrected chi connectivity index (χ1v) is 6.74. The molecule has 2 saturated heterocycles. The molecule has 1 aromatic carbocycles. The van der Waals surface area contributed by atoms with Crippen molar-refractivity contribution in [2.75, 3.05) is 13.7 Å². The van der Waals surface area contributed by atoms with Gasteiger partial charge in [0.2, 0.25) is 0 Å². The standard InChI is InChI=1S/C15H20O4/c1-10-5-3-4-6-11(10)8-17-13-7-12(16-2)14-9-18-15(13)19-14/h3-6,12-15H,7-9H2,1-2H3. The van der Waals surface area contributed by atoms with E-state index in [4.69, 9.17) is 18.9 Å². The van der Waals surface area contributed by atoms with E-state index in [1.807, 2.05) is 12.1 Å². The van der Waals surface area contributed by atoms with E-state index in [1.54, 1.807) is 7.11 Å². The molecule has 0 amide bonds. The molecule has 104 valence electrons. The zero-order chi connectivity index (χ0) is 13.2. The molecule has 0 spiro atoms. The minimum absolute atomic E-state index is 0.0525. The van der Waals surface area contributed by atoms with Crippen molar-refractivity contribution in [3.05, 3.63) is 35.4 Å². The van der Waals surface area contributed by atoms with Gasteiger partial charge >= 0.3 is 0 Å². The van der Waals surface area contributed by atoms with Gasteiger partial charge in [-0.1, -0.05) is 24.3 Å². The van der Waals surface area contributed by atoms with Crippen LogP contribution in [-0.2, 0) is 25.6 Å². The summed E-state index contributed by atoms with van der Waals surface area (Å²) in [5.74, 6) is 0. The van der Waals surface area contributed by atoms with Gasteiger partial charge in [-0.15, -0.1) is 0 Å². The average Bonchev–Trinajstić information content (AvgIpc) is 2.85. The summed E-state index contributed by atoms with van der Waals surface area (Å²) in [6.07, 6.45) is 0.676. The lowest BCUT2D eigenvalue weighted by atomic mass is 10.0. The van der Waals surface area contributed by atoms with Crippen LogP contribution in [0.4, 0.5) is 0 Å². The normalized spacial score (nSPS) is 33.6. The van der Waals surface area contributed by atoms with Crippen LogP contribution in [0.1, 0.15) is 17.5 Å². The molecule has 4 heteroatoms. The SMILES string of the molecule is COC1CC(OCc2ccccc2C)C2OCC1O2. The van der Waals surface area contributed by atoms with Gasteiger partial charge < -0.3 is 18.9 Å². The van der Waals surface area contributed by atoms with Crippen molar-refractivity contribution in [2.45, 2.75) is 44.6 Å². The third-order valence-corrected chi connectivity index (χ3v) is 3.93. The molecule has 4 atom stereocenters. The highest BCUT2D eigenvalue weighted by Gasteiger charge is 2.44. The van der Waals surface area contributed by atoms with Crippen LogP contribution < -0.4 is 0 Å². The van der Waals surface area contributed by atoms with Crippen molar-refractivity contribution in [1.29, 1.82) is 0 Å². The Hall–Kier alpha value is -0.940. The zero-order valence-electron chi connectivity index (χ0n) is 11.4. The van der Waals surface area contributed by atoms with Crippen molar-refractivity contribution < 1.29 is 18.9 Å². The molecule has 0 aromatic heterocycles. The van der Waals surface area contributed by atoms with Crippen LogP contribution in [0.15, 0.2) is 24.3 Å². The number of rotatable bonds is 4. The third-order valence-electron chi connectivity index (χ3n) is 3.93. The maximum atomic E-state index is 5.98. The highest BCUT2D eigenvalue weighted by molar-refractivity contribution is 5.24. The topological polar surface area (TPSA) is 36.9 Å². The molecule has 2 aliphatic rings. The van der Waals surface area contributed by atoms with E-state index >= 15 is 0 Å². The molecular formula is C15H20O4. The van der Waals surface area contributed by atoms with Crippen molar-refractivity contribution in [2.24, 2.45) is 0 Å². The van der Waals surface area contributed by atoms with E-state index in [0.29, 0.717) is 13.2 Å². The summed E-state index contributed by atoms with van der Waals surface area (Å²) < 4.78 is 22.8. The largest absolute Gasteiger partial charge is 0.379 e. The third kappa shape index (κ3) is 2.67. The number of hydrogen-bond acceptors (Lipinski definition) is 4. The second kappa shape index (κ2) is 5.59. The van der Waals surface area contributed by atoms with Crippen LogP contribution in [0.25, 0.3) is 0 Å². The Morgan fingerprint density at radius 2 is 2.11 bits per heavy atom. The molecule has 4 unspecified atom stereocenters. The number of ether oxygens (including phenoxy) is 4. The number of aryl methyl sites for hydroxylation is 1. The second-order valence-electron chi connectivity index (χ2n) is 5.16. The van der Waals surface area contributed by atoms with Crippen molar-refractivity contribution >= 4 is 0 Å². The van der Waals surface area contributed by atoms with Crippen LogP contribution in [0.3, 0.4) is 0 Å². The van der Waals surface area contributed by atoms with Crippen molar-refractivity contribution in [3.8, 4) is 0 Å². The number of methoxy groups -OCH3 is 1. The van der Waals surface area contributed by atoms with Gasteiger partial charge in [0.05, 0.1) is 19.3 Å². The van der Waals surface area contributed by atoms with Gasteiger partial charge in [-0.3, -0.25) is 0 Å². The first-order chi connectivity index (χ1) is 9.28. The molecule has 19 heavy (non-hydrogen) atoms. The fraction of sp³-hybridized carbons (Fsp3) is 0.600. The van der Waals surface area contributed by atoms with Gasteiger partial charge in [0, 0.05) is 13.5 Å². The highest BCUT2D eigenvalue weighted by atomic mass is 16.7. The van der Waals surface area contributed by atoms with Crippen molar-refractivity contribution in [3.63, 3.8) is 0 Å². The minimum Gasteiger partial charge on any atom is -0.379 e. The monoisotopic (exact) mass is 264 g/mol. The van der Waals surface area contributed by atoms with Gasteiger partial charge in [-0.25, -0.2) is 0 Å². The van der Waals surface area contributed by atoms with Crippen LogP contribution in [0.2, 0.25) is 0 Å². The molecule has 0 N–H and O–H groups in total. The molecule has 2 aliphatic heterocycles. The molecule has 2 heterocycles. The van der Waals surface area contributed by atoms with E-state index in [9.17, 15) is 0 Å². The summed E-state index contributed by atoms with van der Waals surface area (Å²) in [7, 11) is 1.71. The Morgan fingerprint density at radius 1 is 1.26 bits per heavy atom. The molecule has 3 rings (SSSR count). The quantitative estimate of drug-likeness (QED) is 0.834. The number of hydrogen-bond donors (Lipinski definition) is 0. The average molecular weight is 264 g/mol. The van der Waals surface area contributed by atoms with Crippen LogP contribution in [0, 0.1) is 6.92 Å². The molecule has 4 nitrogen and oxygen atoms in total. The van der Waals surface area contributed by atoms with Crippen LogP contribution in [0.5, 0.6) is 0 Å². The lowest BCUT2D eigenvalue weighted by Crippen LogP contribution is -2.44. The van der Waals surface area contributed by atoms with Gasteiger partial charge in [0.1, 0.15) is 12.2 Å². The Labute approximate surface area is 113 Å². The Bertz CT molecular complexity index is 434. The van der Waals surface area contributed by atoms with E-state index < -0.39 is 0 Å². The lowest BCUT2D eigenvalue weighted by Gasteiger charge is -2.32. The van der Waals surface area contributed by atoms with E-state index in [0.717, 1.165) is 6.42 Å². The van der Waals surface area contributed by atoms with Gasteiger partial charge in [0.15, 0.2) is 6.29 Å². The zero-order valence-corrected chi connectivity index (χ0v) is 11.4. The maximum Gasteiger partial charge on any atom is 0.184 e. The minimum atomic E-state index is -0.236. The summed E-state index contributed by atoms with van der Waals surface area (Å²) in [4.78, 5) is 0. The van der Waals surface area contributed by atoms with Gasteiger partial charge in [-0.05, 0) is 18.1 Å². The summed E-state index contributed by atoms with van der Waals surface area (Å²) in [5.41, 5.74) is 2.45. The summed E-state index contributed by atoms with van der Waals surface area (Å²) in [6.45, 7) is 3.28. The van der Waals surface area contributed by atoms with Gasteiger partial charge in [-0.2, -0.15) is 0 Å². The molecule has 0 saturated carbocycles. The lowest BCUT2D eigenvalue weighted by molar-refractivity contribution is -0.205. The fourth-order valence-corrected chi connectivity index (χ4v) is 2.69. The molecule has 2 bridgehead atoms. The smallest absolute Gasteiger partial charge is 0.184 e. The van der Waals surface area contributed by atoms with E-state index in [1.165, 1.54) is 11.1 Å². The van der Waals surface area contributed by atoms with Crippen LogP contribution >= 0.6 is 0 Å². The van der Waals surface area contributed by atoms with E-state index in [2.05, 4.69) is 19.1 Å². The fourth-order valence-electron chi connectivity index (χ4n) is 2.69. The predicted octanol–water partition coefficient (Wildman–Crippen LogP) is 2.04. The second-order valence-corrected chi connectivity index (χ2v) is 5.16. The number of fused-ring (bicyclic) bond motifs is 2. The van der Waals surface area contributed by atoms with Gasteiger partial charge in [0.25, 0.3) is 0 Å². The molecule has 0 radical (unpaired) electrons. The highest BCUT2D eigenvalue weighted by Crippen LogP contribution is 2.31. The first-order valence-electron chi connectivity index (χ1n) is 6.74. The predicted molar refractivity (Wildman–Crippen MR) is 69.8 cm³/mol. The molecular weight excluding hydrogens is 244 g/mol. The Kier molecular flexibility index (Phi) is 3.84.